The van der Waals surface area contributed by atoms with E-state index < -0.39 is 0 Å². The molecule has 5 rings (SSSR count). The zero-order chi connectivity index (χ0) is 24.2. The molecule has 3 aromatic heterocycles. The van der Waals surface area contributed by atoms with Crippen LogP contribution in [0.4, 0.5) is 16.8 Å². The molecule has 0 unspecified atom stereocenters. The van der Waals surface area contributed by atoms with Crippen molar-refractivity contribution in [3.63, 3.8) is 0 Å². The van der Waals surface area contributed by atoms with E-state index >= 15 is 0 Å². The van der Waals surface area contributed by atoms with Crippen molar-refractivity contribution in [3.8, 4) is 23.5 Å². The molecule has 10 nitrogen and oxygen atoms in total. The first kappa shape index (κ1) is 22.5. The first-order valence-corrected chi connectivity index (χ1v) is 11.8. The highest BCUT2D eigenvalue weighted by atomic mass is 32.1. The van der Waals surface area contributed by atoms with E-state index in [0.717, 1.165) is 43.5 Å². The quantitative estimate of drug-likeness (QED) is 0.417. The number of nitrogens with zero attached hydrogens (tertiary/aromatic N) is 8. The fourth-order valence-corrected chi connectivity index (χ4v) is 4.30. The van der Waals surface area contributed by atoms with E-state index in [2.05, 4.69) is 54.7 Å². The van der Waals surface area contributed by atoms with E-state index in [1.807, 2.05) is 41.1 Å². The number of likely N-dealkylation sites (N-methyl/N-ethyl adjacent to an activating group) is 1. The summed E-state index contributed by atoms with van der Waals surface area (Å²) in [6.07, 6.45) is 6.85. The molecule has 11 heteroatoms. The highest BCUT2D eigenvalue weighted by Gasteiger charge is 2.18. The molecule has 1 aromatic carbocycles. The number of anilines is 3. The van der Waals surface area contributed by atoms with E-state index in [0.29, 0.717) is 21.6 Å². The fourth-order valence-electron chi connectivity index (χ4n) is 3.68. The minimum absolute atomic E-state index is 0.225. The number of imidazole rings is 1. The van der Waals surface area contributed by atoms with Crippen LogP contribution in [0.1, 0.15) is 10.7 Å². The van der Waals surface area contributed by atoms with Gasteiger partial charge in [-0.3, -0.25) is 0 Å². The molecule has 1 aliphatic rings. The van der Waals surface area contributed by atoms with Crippen molar-refractivity contribution in [2.24, 2.45) is 0 Å². The lowest BCUT2D eigenvalue weighted by Gasteiger charge is -2.33. The number of hydrogen-bond acceptors (Lipinski definition) is 10. The largest absolute Gasteiger partial charge is 0.424 e. The zero-order valence-electron chi connectivity index (χ0n) is 19.1. The Kier molecular flexibility index (Phi) is 6.38. The highest BCUT2D eigenvalue weighted by molar-refractivity contribution is 7.16. The van der Waals surface area contributed by atoms with Gasteiger partial charge in [0.15, 0.2) is 5.13 Å². The van der Waals surface area contributed by atoms with Crippen LogP contribution < -0.4 is 15.0 Å². The number of hydrogen-bond donors (Lipinski definition) is 1. The molecule has 0 saturated carbocycles. The van der Waals surface area contributed by atoms with Gasteiger partial charge in [-0.05, 0) is 37.4 Å². The molecular weight excluding hydrogens is 462 g/mol. The minimum atomic E-state index is 0.225. The molecule has 0 radical (unpaired) electrons. The van der Waals surface area contributed by atoms with E-state index in [9.17, 15) is 0 Å². The number of thiazole rings is 1. The van der Waals surface area contributed by atoms with Crippen molar-refractivity contribution in [2.45, 2.75) is 0 Å². The second kappa shape index (κ2) is 9.92. The van der Waals surface area contributed by atoms with Crippen LogP contribution in [0.5, 0.6) is 11.8 Å². The van der Waals surface area contributed by atoms with E-state index in [1.54, 1.807) is 12.3 Å². The summed E-state index contributed by atoms with van der Waals surface area (Å²) in [5, 5.41) is 12.9. The standard InChI is InChI=1S/C24H23N9OS/c1-3-21-26-8-9-33(21)17-4-6-18(7-5-17)34-23-28-20(29-24-27-16-19(15-25)35-24)14-22(30-23)32-12-10-31(2)11-13-32/h3-9,14,16H,1,10-13H2,2H3,(H,27,28,29,30). The molecule has 0 atom stereocenters. The third kappa shape index (κ3) is 5.13. The van der Waals surface area contributed by atoms with Crippen LogP contribution in [0.15, 0.2) is 55.5 Å². The molecule has 35 heavy (non-hydrogen) atoms. The third-order valence-corrected chi connectivity index (χ3v) is 6.36. The number of rotatable bonds is 7. The van der Waals surface area contributed by atoms with Crippen LogP contribution in [0.2, 0.25) is 0 Å². The molecule has 4 aromatic rings. The van der Waals surface area contributed by atoms with E-state index in [4.69, 9.17) is 10.00 Å². The van der Waals surface area contributed by atoms with Crippen molar-refractivity contribution in [1.29, 1.82) is 5.26 Å². The molecule has 1 aliphatic heterocycles. The topological polar surface area (TPSA) is 108 Å². The van der Waals surface area contributed by atoms with Crippen LogP contribution >= 0.6 is 11.3 Å². The Bertz CT molecular complexity index is 1360. The van der Waals surface area contributed by atoms with Gasteiger partial charge < -0.3 is 24.4 Å². The number of aromatic nitrogens is 5. The maximum absolute atomic E-state index is 9.10. The Balaban J connectivity index is 1.41. The third-order valence-electron chi connectivity index (χ3n) is 5.55. The number of ether oxygens (including phenoxy) is 1. The van der Waals surface area contributed by atoms with Gasteiger partial charge in [0.25, 0.3) is 0 Å². The second-order valence-electron chi connectivity index (χ2n) is 7.91. The summed E-state index contributed by atoms with van der Waals surface area (Å²) in [7, 11) is 2.11. The fraction of sp³-hybridized carbons (Fsp3) is 0.208. The van der Waals surface area contributed by atoms with Crippen molar-refractivity contribution in [3.05, 3.63) is 66.2 Å². The van der Waals surface area contributed by atoms with Crippen LogP contribution in [0.25, 0.3) is 11.8 Å². The average molecular weight is 486 g/mol. The number of nitriles is 1. The monoisotopic (exact) mass is 485 g/mol. The first-order valence-electron chi connectivity index (χ1n) is 11.0. The molecule has 0 spiro atoms. The maximum atomic E-state index is 9.10. The lowest BCUT2D eigenvalue weighted by molar-refractivity contribution is 0.311. The van der Waals surface area contributed by atoms with Gasteiger partial charge in [0.2, 0.25) is 0 Å². The number of nitrogens with one attached hydrogen (secondary N) is 1. The highest BCUT2D eigenvalue weighted by Crippen LogP contribution is 2.28. The summed E-state index contributed by atoms with van der Waals surface area (Å²) in [4.78, 5) is 22.7. The summed E-state index contributed by atoms with van der Waals surface area (Å²) in [5.74, 6) is 2.69. The Morgan fingerprint density at radius 2 is 1.94 bits per heavy atom. The van der Waals surface area contributed by atoms with Crippen molar-refractivity contribution >= 4 is 34.2 Å². The zero-order valence-corrected chi connectivity index (χ0v) is 19.9. The van der Waals surface area contributed by atoms with Gasteiger partial charge in [0, 0.05) is 50.3 Å². The number of benzene rings is 1. The predicted molar refractivity (Wildman–Crippen MR) is 136 cm³/mol. The molecule has 0 aliphatic carbocycles. The van der Waals surface area contributed by atoms with Gasteiger partial charge in [0.1, 0.15) is 34.2 Å². The van der Waals surface area contributed by atoms with Crippen molar-refractivity contribution in [2.75, 3.05) is 43.4 Å². The molecule has 176 valence electrons. The summed E-state index contributed by atoms with van der Waals surface area (Å²) in [6.45, 7) is 7.41. The smallest absolute Gasteiger partial charge is 0.325 e. The number of piperazine rings is 1. The summed E-state index contributed by atoms with van der Waals surface area (Å²) in [6, 6.07) is 11.8. The lowest BCUT2D eigenvalue weighted by Crippen LogP contribution is -2.44. The molecule has 1 fully saturated rings. The van der Waals surface area contributed by atoms with Gasteiger partial charge >= 0.3 is 6.01 Å². The van der Waals surface area contributed by atoms with Crippen molar-refractivity contribution in [1.82, 2.24) is 29.4 Å². The van der Waals surface area contributed by atoms with Crippen LogP contribution in [-0.4, -0.2) is 62.6 Å². The van der Waals surface area contributed by atoms with Gasteiger partial charge in [-0.1, -0.05) is 17.9 Å². The van der Waals surface area contributed by atoms with Gasteiger partial charge in [0.05, 0.1) is 6.20 Å². The van der Waals surface area contributed by atoms with Gasteiger partial charge in [-0.25, -0.2) is 9.97 Å². The predicted octanol–water partition coefficient (Wildman–Crippen LogP) is 3.92. The molecule has 0 amide bonds. The Morgan fingerprint density at radius 3 is 2.66 bits per heavy atom. The molecule has 4 heterocycles. The Hall–Kier alpha value is -4.27. The van der Waals surface area contributed by atoms with E-state index in [-0.39, 0.29) is 6.01 Å². The molecule has 0 bridgehead atoms. The second-order valence-corrected chi connectivity index (χ2v) is 8.94. The molecular formula is C24H23N9OS. The summed E-state index contributed by atoms with van der Waals surface area (Å²) >= 11 is 1.26. The first-order chi connectivity index (χ1) is 17.1. The minimum Gasteiger partial charge on any atom is -0.424 e. The summed E-state index contributed by atoms with van der Waals surface area (Å²) < 4.78 is 7.99. The lowest BCUT2D eigenvalue weighted by atomic mass is 10.3. The SMILES string of the molecule is C=Cc1nccn1-c1ccc(Oc2nc(Nc3ncc(C#N)s3)cc(N3CCN(C)CC3)n2)cc1. The molecule has 1 saturated heterocycles. The Labute approximate surface area is 206 Å². The van der Waals surface area contributed by atoms with Crippen LogP contribution in [0.3, 0.4) is 0 Å². The van der Waals surface area contributed by atoms with Crippen LogP contribution in [0, 0.1) is 11.3 Å². The van der Waals surface area contributed by atoms with Gasteiger partial charge in [-0.15, -0.1) is 0 Å². The van der Waals surface area contributed by atoms with Crippen LogP contribution in [-0.2, 0) is 0 Å². The maximum Gasteiger partial charge on any atom is 0.325 e. The Morgan fingerprint density at radius 1 is 1.14 bits per heavy atom. The average Bonchev–Trinajstić information content (AvgIpc) is 3.54. The molecule has 1 N–H and O–H groups in total. The van der Waals surface area contributed by atoms with Gasteiger partial charge in [-0.2, -0.15) is 15.2 Å². The normalized spacial score (nSPS) is 13.9. The summed E-state index contributed by atoms with van der Waals surface area (Å²) in [5.41, 5.74) is 0.941. The van der Waals surface area contributed by atoms with Crippen molar-refractivity contribution < 1.29 is 4.74 Å². The van der Waals surface area contributed by atoms with E-state index in [1.165, 1.54) is 17.5 Å².